The third-order valence-electron chi connectivity index (χ3n) is 5.26. The van der Waals surface area contributed by atoms with Crippen LogP contribution in [-0.4, -0.2) is 52.5 Å². The van der Waals surface area contributed by atoms with E-state index in [9.17, 15) is 4.79 Å². The van der Waals surface area contributed by atoms with Gasteiger partial charge in [-0.2, -0.15) is 0 Å². The van der Waals surface area contributed by atoms with Crippen molar-refractivity contribution in [3.05, 3.63) is 0 Å². The van der Waals surface area contributed by atoms with Gasteiger partial charge in [-0.3, -0.25) is 9.69 Å². The molecule has 20 heavy (non-hydrogen) atoms. The molecular weight excluding hydrogens is 250 g/mol. The number of amides is 1. The number of carbonyl (C=O) groups excluding carboxylic acids is 1. The van der Waals surface area contributed by atoms with Crippen LogP contribution in [0.15, 0.2) is 0 Å². The van der Waals surface area contributed by atoms with Crippen molar-refractivity contribution < 1.29 is 4.79 Å². The molecule has 0 aliphatic carbocycles. The molecule has 1 amide bonds. The van der Waals surface area contributed by atoms with Crippen LogP contribution >= 0.6 is 0 Å². The second-order valence-electron chi connectivity index (χ2n) is 6.85. The van der Waals surface area contributed by atoms with Gasteiger partial charge < -0.3 is 10.6 Å². The number of carbonyl (C=O) groups is 1. The Kier molecular flexibility index (Phi) is 5.08. The third-order valence-corrected chi connectivity index (χ3v) is 5.26. The van der Waals surface area contributed by atoms with Crippen molar-refractivity contribution in [2.45, 2.75) is 90.0 Å². The molecule has 116 valence electrons. The molecule has 5 unspecified atom stereocenters. The summed E-state index contributed by atoms with van der Waals surface area (Å²) in [6, 6.07) is 1.32. The molecule has 0 aromatic carbocycles. The second kappa shape index (κ2) is 6.44. The molecule has 2 rings (SSSR count). The minimum Gasteiger partial charge on any atom is -0.337 e. The number of rotatable bonds is 3. The summed E-state index contributed by atoms with van der Waals surface area (Å²) in [7, 11) is 0. The summed E-state index contributed by atoms with van der Waals surface area (Å²) in [5.74, 6) is 0.285. The van der Waals surface area contributed by atoms with Gasteiger partial charge in [0.05, 0.1) is 6.04 Å². The zero-order valence-corrected chi connectivity index (χ0v) is 13.5. The summed E-state index contributed by atoms with van der Waals surface area (Å²) >= 11 is 0. The summed E-state index contributed by atoms with van der Waals surface area (Å²) < 4.78 is 0. The first-order valence-corrected chi connectivity index (χ1v) is 8.27. The Morgan fingerprint density at radius 2 is 1.70 bits per heavy atom. The van der Waals surface area contributed by atoms with Crippen LogP contribution in [0.5, 0.6) is 0 Å². The van der Waals surface area contributed by atoms with Crippen molar-refractivity contribution in [2.24, 2.45) is 5.73 Å². The Morgan fingerprint density at radius 1 is 1.10 bits per heavy atom. The maximum atomic E-state index is 12.9. The lowest BCUT2D eigenvalue weighted by molar-refractivity contribution is -0.141. The number of piperidine rings is 1. The Labute approximate surface area is 123 Å². The molecule has 0 saturated carbocycles. The van der Waals surface area contributed by atoms with Crippen molar-refractivity contribution >= 4 is 5.91 Å². The van der Waals surface area contributed by atoms with Crippen LogP contribution in [0.3, 0.4) is 0 Å². The number of nitrogens with zero attached hydrogens (tertiary/aromatic N) is 2. The van der Waals surface area contributed by atoms with Crippen LogP contribution in [0.25, 0.3) is 0 Å². The van der Waals surface area contributed by atoms with Crippen molar-refractivity contribution in [3.8, 4) is 0 Å². The average Bonchev–Trinajstić information content (AvgIpc) is 2.76. The largest absolute Gasteiger partial charge is 0.337 e. The Morgan fingerprint density at radius 3 is 2.25 bits per heavy atom. The van der Waals surface area contributed by atoms with Crippen molar-refractivity contribution in [1.82, 2.24) is 9.80 Å². The van der Waals surface area contributed by atoms with E-state index in [1.807, 2.05) is 6.92 Å². The normalized spacial score (nSPS) is 35.0. The molecule has 4 nitrogen and oxygen atoms in total. The molecule has 2 aliphatic rings. The Balaban J connectivity index is 2.08. The molecule has 5 atom stereocenters. The molecule has 2 heterocycles. The van der Waals surface area contributed by atoms with E-state index in [1.54, 1.807) is 0 Å². The highest BCUT2D eigenvalue weighted by Crippen LogP contribution is 2.28. The molecule has 0 spiro atoms. The summed E-state index contributed by atoms with van der Waals surface area (Å²) in [4.78, 5) is 17.4. The molecule has 2 fully saturated rings. The number of hydrogen-bond acceptors (Lipinski definition) is 3. The van der Waals surface area contributed by atoms with Crippen LogP contribution in [0.1, 0.15) is 59.8 Å². The monoisotopic (exact) mass is 281 g/mol. The lowest BCUT2D eigenvalue weighted by Crippen LogP contribution is -2.57. The first-order valence-electron chi connectivity index (χ1n) is 8.27. The molecule has 0 aromatic heterocycles. The third kappa shape index (κ3) is 3.01. The van der Waals surface area contributed by atoms with E-state index in [-0.39, 0.29) is 24.0 Å². The topological polar surface area (TPSA) is 49.6 Å². The van der Waals surface area contributed by atoms with E-state index in [4.69, 9.17) is 5.73 Å². The van der Waals surface area contributed by atoms with Crippen molar-refractivity contribution in [1.29, 1.82) is 0 Å². The van der Waals surface area contributed by atoms with Gasteiger partial charge in [0.1, 0.15) is 0 Å². The fourth-order valence-electron chi connectivity index (χ4n) is 4.12. The first-order chi connectivity index (χ1) is 9.43. The lowest BCUT2D eigenvalue weighted by Gasteiger charge is -2.42. The molecule has 2 aliphatic heterocycles. The van der Waals surface area contributed by atoms with Gasteiger partial charge in [0.25, 0.3) is 0 Å². The van der Waals surface area contributed by atoms with Gasteiger partial charge in [-0.15, -0.1) is 0 Å². The highest BCUT2D eigenvalue weighted by molar-refractivity contribution is 5.82. The van der Waals surface area contributed by atoms with Gasteiger partial charge in [0, 0.05) is 30.7 Å². The van der Waals surface area contributed by atoms with Crippen LogP contribution in [0.2, 0.25) is 0 Å². The average molecular weight is 281 g/mol. The van der Waals surface area contributed by atoms with Crippen LogP contribution in [-0.2, 0) is 4.79 Å². The van der Waals surface area contributed by atoms with Crippen molar-refractivity contribution in [2.75, 3.05) is 6.54 Å². The molecule has 0 radical (unpaired) electrons. The van der Waals surface area contributed by atoms with E-state index in [1.165, 1.54) is 19.3 Å². The van der Waals surface area contributed by atoms with E-state index >= 15 is 0 Å². The van der Waals surface area contributed by atoms with Gasteiger partial charge in [0.15, 0.2) is 0 Å². The number of nitrogens with two attached hydrogens (primary N) is 1. The Hall–Kier alpha value is -0.610. The summed E-state index contributed by atoms with van der Waals surface area (Å²) in [5, 5.41) is 0. The molecule has 0 aromatic rings. The second-order valence-corrected chi connectivity index (χ2v) is 6.85. The summed E-state index contributed by atoms with van der Waals surface area (Å²) in [5.41, 5.74) is 6.10. The zero-order valence-electron chi connectivity index (χ0n) is 13.5. The van der Waals surface area contributed by atoms with E-state index < -0.39 is 0 Å². The predicted octanol–water partition coefficient (Wildman–Crippen LogP) is 1.98. The molecule has 4 heteroatoms. The minimum absolute atomic E-state index is 0.0122. The van der Waals surface area contributed by atoms with Crippen LogP contribution in [0, 0.1) is 0 Å². The maximum Gasteiger partial charge on any atom is 0.239 e. The van der Waals surface area contributed by atoms with Gasteiger partial charge in [-0.1, -0.05) is 0 Å². The molecule has 2 N–H and O–H groups in total. The zero-order chi connectivity index (χ0) is 14.9. The minimum atomic E-state index is -0.0122. The fraction of sp³-hybridized carbons (Fsp3) is 0.938. The standard InChI is InChI=1S/C16H31N3O/c1-11-8-9-12(2)19(11)14(4)16(20)18-10-6-5-7-15(18)13(3)17/h11-15H,5-10,17H2,1-4H3. The van der Waals surface area contributed by atoms with E-state index in [2.05, 4.69) is 30.6 Å². The summed E-state index contributed by atoms with van der Waals surface area (Å²) in [6.45, 7) is 9.47. The quantitative estimate of drug-likeness (QED) is 0.860. The number of hydrogen-bond donors (Lipinski definition) is 1. The highest BCUT2D eigenvalue weighted by atomic mass is 16.2. The van der Waals surface area contributed by atoms with Gasteiger partial charge in [-0.25, -0.2) is 0 Å². The van der Waals surface area contributed by atoms with Crippen molar-refractivity contribution in [3.63, 3.8) is 0 Å². The van der Waals surface area contributed by atoms with E-state index in [0.29, 0.717) is 12.1 Å². The predicted molar refractivity (Wildman–Crippen MR) is 82.5 cm³/mol. The molecule has 2 saturated heterocycles. The molecular formula is C16H31N3O. The van der Waals surface area contributed by atoms with E-state index in [0.717, 1.165) is 19.4 Å². The fourth-order valence-corrected chi connectivity index (χ4v) is 4.12. The first kappa shape index (κ1) is 15.8. The SMILES string of the molecule is CC(N)C1CCCCN1C(=O)C(C)N1C(C)CCC1C. The van der Waals surface area contributed by atoms with Gasteiger partial charge in [0.2, 0.25) is 5.91 Å². The summed E-state index contributed by atoms with van der Waals surface area (Å²) in [6.07, 6.45) is 5.78. The molecule has 0 bridgehead atoms. The Bertz CT molecular complexity index is 335. The highest BCUT2D eigenvalue weighted by Gasteiger charge is 2.38. The number of likely N-dealkylation sites (tertiary alicyclic amines) is 2. The smallest absolute Gasteiger partial charge is 0.239 e. The lowest BCUT2D eigenvalue weighted by atomic mass is 9.96. The van der Waals surface area contributed by atoms with Crippen LogP contribution < -0.4 is 5.73 Å². The van der Waals surface area contributed by atoms with Gasteiger partial charge in [-0.05, 0) is 59.8 Å². The van der Waals surface area contributed by atoms with Gasteiger partial charge >= 0.3 is 0 Å². The maximum absolute atomic E-state index is 12.9. The van der Waals surface area contributed by atoms with Crippen LogP contribution in [0.4, 0.5) is 0 Å².